The van der Waals surface area contributed by atoms with Crippen LogP contribution in [0.4, 0.5) is 5.69 Å². The van der Waals surface area contributed by atoms with Crippen molar-refractivity contribution in [3.05, 3.63) is 31.9 Å². The van der Waals surface area contributed by atoms with Gasteiger partial charge in [-0.25, -0.2) is 0 Å². The summed E-state index contributed by atoms with van der Waals surface area (Å²) < 4.78 is 0.892. The minimum absolute atomic E-state index is 0.127. The highest BCUT2D eigenvalue weighted by Crippen LogP contribution is 2.30. The van der Waals surface area contributed by atoms with Crippen molar-refractivity contribution in [3.63, 3.8) is 0 Å². The Morgan fingerprint density at radius 3 is 2.80 bits per heavy atom. The van der Waals surface area contributed by atoms with Crippen LogP contribution in [0.5, 0.6) is 0 Å². The van der Waals surface area contributed by atoms with Crippen LogP contribution in [0.2, 0.25) is 0 Å². The summed E-state index contributed by atoms with van der Waals surface area (Å²) in [7, 11) is 0. The molecule has 0 aliphatic heterocycles. The number of rotatable bonds is 4. The average molecular weight is 358 g/mol. The normalized spacial score (nSPS) is 12.5. The SMILES string of the molecule is CC(CCl)Sc1ccc([N+](=O)[O-])cc1I. The van der Waals surface area contributed by atoms with E-state index in [1.54, 1.807) is 23.9 Å². The quantitative estimate of drug-likeness (QED) is 0.270. The zero-order chi connectivity index (χ0) is 11.4. The van der Waals surface area contributed by atoms with Gasteiger partial charge in [0.1, 0.15) is 0 Å². The molecule has 1 aromatic carbocycles. The van der Waals surface area contributed by atoms with Crippen LogP contribution in [0.3, 0.4) is 0 Å². The molecule has 1 aromatic rings. The smallest absolute Gasteiger partial charge is 0.258 e. The van der Waals surface area contributed by atoms with Crippen molar-refractivity contribution in [3.8, 4) is 0 Å². The molecule has 15 heavy (non-hydrogen) atoms. The summed E-state index contributed by atoms with van der Waals surface area (Å²) in [6.45, 7) is 2.02. The highest BCUT2D eigenvalue weighted by atomic mass is 127. The lowest BCUT2D eigenvalue weighted by atomic mass is 10.3. The number of nitrogens with zero attached hydrogens (tertiary/aromatic N) is 1. The molecule has 3 nitrogen and oxygen atoms in total. The molecular formula is C9H9ClINO2S. The molecule has 0 saturated carbocycles. The van der Waals surface area contributed by atoms with E-state index in [1.165, 1.54) is 6.07 Å². The lowest BCUT2D eigenvalue weighted by Crippen LogP contribution is -1.98. The van der Waals surface area contributed by atoms with Gasteiger partial charge < -0.3 is 0 Å². The third-order valence-corrected chi connectivity index (χ3v) is 4.76. The number of alkyl halides is 1. The number of benzene rings is 1. The van der Waals surface area contributed by atoms with E-state index >= 15 is 0 Å². The Bertz CT molecular complexity index is 375. The largest absolute Gasteiger partial charge is 0.270 e. The molecule has 0 aliphatic rings. The van der Waals surface area contributed by atoms with E-state index in [9.17, 15) is 10.1 Å². The molecule has 0 aliphatic carbocycles. The topological polar surface area (TPSA) is 43.1 Å². The zero-order valence-corrected chi connectivity index (χ0v) is 11.7. The number of hydrogen-bond donors (Lipinski definition) is 0. The maximum absolute atomic E-state index is 10.5. The van der Waals surface area contributed by atoms with Crippen LogP contribution in [-0.4, -0.2) is 16.1 Å². The Hall–Kier alpha value is -0.0100. The molecule has 0 amide bonds. The van der Waals surface area contributed by atoms with Gasteiger partial charge in [0.15, 0.2) is 0 Å². The molecule has 0 heterocycles. The third kappa shape index (κ3) is 3.81. The first-order valence-corrected chi connectivity index (χ1v) is 6.70. The summed E-state index contributed by atoms with van der Waals surface area (Å²) >= 11 is 9.43. The summed E-state index contributed by atoms with van der Waals surface area (Å²) in [4.78, 5) is 11.2. The highest BCUT2D eigenvalue weighted by Gasteiger charge is 2.11. The predicted octanol–water partition coefficient (Wildman–Crippen LogP) is 3.92. The number of halogens is 2. The Kier molecular flexibility index (Phi) is 5.14. The fourth-order valence-corrected chi connectivity index (χ4v) is 2.83. The maximum atomic E-state index is 10.5. The molecular weight excluding hydrogens is 349 g/mol. The van der Waals surface area contributed by atoms with Gasteiger partial charge in [-0.15, -0.1) is 23.4 Å². The minimum Gasteiger partial charge on any atom is -0.258 e. The van der Waals surface area contributed by atoms with E-state index in [-0.39, 0.29) is 10.6 Å². The van der Waals surface area contributed by atoms with E-state index in [4.69, 9.17) is 11.6 Å². The zero-order valence-electron chi connectivity index (χ0n) is 7.94. The van der Waals surface area contributed by atoms with E-state index < -0.39 is 0 Å². The van der Waals surface area contributed by atoms with Crippen LogP contribution in [-0.2, 0) is 0 Å². The van der Waals surface area contributed by atoms with Crippen molar-refractivity contribution in [1.29, 1.82) is 0 Å². The van der Waals surface area contributed by atoms with Crippen molar-refractivity contribution < 1.29 is 4.92 Å². The van der Waals surface area contributed by atoms with Gasteiger partial charge in [0.2, 0.25) is 0 Å². The van der Waals surface area contributed by atoms with Gasteiger partial charge in [-0.1, -0.05) is 6.92 Å². The second-order valence-electron chi connectivity index (χ2n) is 2.95. The maximum Gasteiger partial charge on any atom is 0.270 e. The summed E-state index contributed by atoms with van der Waals surface area (Å²) in [5.74, 6) is 0.567. The molecule has 6 heteroatoms. The fraction of sp³-hybridized carbons (Fsp3) is 0.333. The molecule has 0 fully saturated rings. The Balaban J connectivity index is 2.88. The summed E-state index contributed by atoms with van der Waals surface area (Å²) in [6, 6.07) is 4.86. The van der Waals surface area contributed by atoms with Crippen LogP contribution in [0.25, 0.3) is 0 Å². The van der Waals surface area contributed by atoms with Gasteiger partial charge in [0, 0.05) is 31.7 Å². The van der Waals surface area contributed by atoms with E-state index in [2.05, 4.69) is 22.6 Å². The van der Waals surface area contributed by atoms with Crippen LogP contribution in [0.1, 0.15) is 6.92 Å². The first-order chi connectivity index (χ1) is 7.04. The molecule has 0 N–H and O–H groups in total. The van der Waals surface area contributed by atoms with Crippen molar-refractivity contribution in [2.24, 2.45) is 0 Å². The van der Waals surface area contributed by atoms with Gasteiger partial charge in [0.25, 0.3) is 5.69 Å². The molecule has 1 atom stereocenters. The molecule has 0 saturated heterocycles. The second kappa shape index (κ2) is 5.91. The number of hydrogen-bond acceptors (Lipinski definition) is 3. The van der Waals surface area contributed by atoms with Crippen LogP contribution < -0.4 is 0 Å². The Morgan fingerprint density at radius 2 is 2.33 bits per heavy atom. The Labute approximate surface area is 111 Å². The van der Waals surface area contributed by atoms with Crippen molar-refractivity contribution in [2.75, 3.05) is 5.88 Å². The number of nitro benzene ring substituents is 1. The molecule has 0 radical (unpaired) electrons. The van der Waals surface area contributed by atoms with Gasteiger partial charge in [-0.3, -0.25) is 10.1 Å². The van der Waals surface area contributed by atoms with Gasteiger partial charge in [-0.05, 0) is 28.7 Å². The average Bonchev–Trinajstić information content (AvgIpc) is 2.20. The van der Waals surface area contributed by atoms with Gasteiger partial charge in [-0.2, -0.15) is 0 Å². The number of non-ortho nitro benzene ring substituents is 1. The lowest BCUT2D eigenvalue weighted by Gasteiger charge is -2.08. The molecule has 1 unspecified atom stereocenters. The van der Waals surface area contributed by atoms with Crippen LogP contribution in [0, 0.1) is 13.7 Å². The molecule has 1 rings (SSSR count). The monoisotopic (exact) mass is 357 g/mol. The van der Waals surface area contributed by atoms with E-state index in [0.717, 1.165) is 8.47 Å². The van der Waals surface area contributed by atoms with Crippen LogP contribution in [0.15, 0.2) is 23.1 Å². The fourth-order valence-electron chi connectivity index (χ4n) is 0.947. The van der Waals surface area contributed by atoms with Gasteiger partial charge >= 0.3 is 0 Å². The lowest BCUT2D eigenvalue weighted by molar-refractivity contribution is -0.385. The predicted molar refractivity (Wildman–Crippen MR) is 71.9 cm³/mol. The first-order valence-electron chi connectivity index (χ1n) is 4.21. The Morgan fingerprint density at radius 1 is 1.67 bits per heavy atom. The summed E-state index contributed by atoms with van der Waals surface area (Å²) in [5, 5.41) is 10.8. The highest BCUT2D eigenvalue weighted by molar-refractivity contribution is 14.1. The van der Waals surface area contributed by atoms with E-state index in [0.29, 0.717) is 11.1 Å². The molecule has 82 valence electrons. The third-order valence-electron chi connectivity index (χ3n) is 1.67. The second-order valence-corrected chi connectivity index (χ2v) is 5.91. The van der Waals surface area contributed by atoms with Crippen LogP contribution >= 0.6 is 46.0 Å². The van der Waals surface area contributed by atoms with Gasteiger partial charge in [0.05, 0.1) is 4.92 Å². The first kappa shape index (κ1) is 13.1. The summed E-state index contributed by atoms with van der Waals surface area (Å²) in [6.07, 6.45) is 0. The van der Waals surface area contributed by atoms with Crippen molar-refractivity contribution in [1.82, 2.24) is 0 Å². The van der Waals surface area contributed by atoms with Crippen molar-refractivity contribution >= 4 is 51.6 Å². The molecule has 0 spiro atoms. The molecule has 0 bridgehead atoms. The van der Waals surface area contributed by atoms with Crippen molar-refractivity contribution in [2.45, 2.75) is 17.1 Å². The minimum atomic E-state index is -0.387. The molecule has 0 aromatic heterocycles. The van der Waals surface area contributed by atoms with E-state index in [1.807, 2.05) is 6.92 Å². The number of thioether (sulfide) groups is 1. The number of nitro groups is 1. The standard InChI is InChI=1S/C9H9ClINO2S/c1-6(5-10)15-9-3-2-7(12(13)14)4-8(9)11/h2-4,6H,5H2,1H3. The summed E-state index contributed by atoms with van der Waals surface area (Å²) in [5.41, 5.74) is 0.127.